The minimum Gasteiger partial charge on any atom is -0.493 e. The van der Waals surface area contributed by atoms with Crippen LogP contribution in [0.4, 0.5) is 0 Å². The first-order chi connectivity index (χ1) is 13.8. The Labute approximate surface area is 166 Å². The van der Waals surface area contributed by atoms with Crippen molar-refractivity contribution in [1.82, 2.24) is 4.90 Å². The molecular formula is C23H27NO4. The lowest BCUT2D eigenvalue weighted by molar-refractivity contribution is 0.132. The molecule has 1 aromatic rings. The molecule has 3 aliphatic rings. The second-order valence-electron chi connectivity index (χ2n) is 7.25. The van der Waals surface area contributed by atoms with Crippen molar-refractivity contribution in [3.8, 4) is 11.5 Å². The van der Waals surface area contributed by atoms with Crippen molar-refractivity contribution in [1.29, 1.82) is 0 Å². The number of ether oxygens (including phenoxy) is 4. The number of nitrogens with zero attached hydrogens (tertiary/aromatic N) is 1. The predicted octanol–water partition coefficient (Wildman–Crippen LogP) is 4.46. The Morgan fingerprint density at radius 2 is 1.89 bits per heavy atom. The summed E-state index contributed by atoms with van der Waals surface area (Å²) in [5, 5.41) is 0. The molecule has 0 amide bonds. The number of benzene rings is 1. The fourth-order valence-electron chi connectivity index (χ4n) is 4.08. The molecule has 0 bridgehead atoms. The van der Waals surface area contributed by atoms with E-state index in [4.69, 9.17) is 18.9 Å². The second-order valence-corrected chi connectivity index (χ2v) is 7.25. The second kappa shape index (κ2) is 8.57. The lowest BCUT2D eigenvalue weighted by Gasteiger charge is -2.37. The van der Waals surface area contributed by atoms with E-state index in [1.54, 1.807) is 33.0 Å². The van der Waals surface area contributed by atoms with Crippen molar-refractivity contribution in [3.63, 3.8) is 0 Å². The quantitative estimate of drug-likeness (QED) is 0.728. The summed E-state index contributed by atoms with van der Waals surface area (Å²) in [4.78, 5) is 2.47. The third-order valence-corrected chi connectivity index (χ3v) is 5.59. The van der Waals surface area contributed by atoms with Gasteiger partial charge in [0.1, 0.15) is 18.8 Å². The highest BCUT2D eigenvalue weighted by Crippen LogP contribution is 2.35. The summed E-state index contributed by atoms with van der Waals surface area (Å²) in [6.07, 6.45) is 15.6. The molecule has 0 fully saturated rings. The Hall–Kier alpha value is -2.66. The molecule has 5 nitrogen and oxygen atoms in total. The van der Waals surface area contributed by atoms with Crippen molar-refractivity contribution < 1.29 is 18.9 Å². The molecule has 0 saturated carbocycles. The standard InChI is InChI=1S/C23H27NO4/c1-25-21-13-18-8-9-24(15-19(18)14-22(21)26-2)20(23-16-27-10-11-28-23)12-17-6-4-3-5-7-17/h3-4,6,10-11,13-14,16,20H,5,7-9,12,15H2,1-2H3. The van der Waals surface area contributed by atoms with Gasteiger partial charge in [-0.2, -0.15) is 0 Å². The van der Waals surface area contributed by atoms with Crippen LogP contribution in [0.25, 0.3) is 0 Å². The molecule has 0 radical (unpaired) electrons. The smallest absolute Gasteiger partial charge is 0.161 e. The van der Waals surface area contributed by atoms with Crippen LogP contribution in [-0.4, -0.2) is 31.7 Å². The predicted molar refractivity (Wildman–Crippen MR) is 108 cm³/mol. The highest BCUT2D eigenvalue weighted by atomic mass is 16.5. The fraction of sp³-hybridized carbons (Fsp3) is 0.391. The first kappa shape index (κ1) is 18.7. The molecule has 0 saturated heterocycles. The third-order valence-electron chi connectivity index (χ3n) is 5.59. The number of rotatable bonds is 6. The summed E-state index contributed by atoms with van der Waals surface area (Å²) >= 11 is 0. The number of fused-ring (bicyclic) bond motifs is 1. The van der Waals surface area contributed by atoms with Crippen LogP contribution in [0, 0.1) is 0 Å². The molecule has 5 heteroatoms. The van der Waals surface area contributed by atoms with Crippen molar-refractivity contribution in [2.24, 2.45) is 0 Å². The molecule has 0 aromatic heterocycles. The van der Waals surface area contributed by atoms with Gasteiger partial charge in [-0.15, -0.1) is 0 Å². The van der Waals surface area contributed by atoms with Crippen LogP contribution in [0.2, 0.25) is 0 Å². The average Bonchev–Trinajstić information content (AvgIpc) is 2.77. The Morgan fingerprint density at radius 3 is 2.57 bits per heavy atom. The minimum atomic E-state index is 0.143. The van der Waals surface area contributed by atoms with Gasteiger partial charge in [-0.05, 0) is 48.9 Å². The SMILES string of the molecule is COc1cc2c(cc1OC)CN(C(CC1=CC=CCC1)C1=COC=CO1)CC2. The molecule has 2 heterocycles. The summed E-state index contributed by atoms with van der Waals surface area (Å²) in [6, 6.07) is 4.35. The maximum absolute atomic E-state index is 5.83. The van der Waals surface area contributed by atoms with E-state index in [-0.39, 0.29) is 6.04 Å². The molecular weight excluding hydrogens is 354 g/mol. The number of hydrogen-bond acceptors (Lipinski definition) is 5. The summed E-state index contributed by atoms with van der Waals surface area (Å²) in [5.41, 5.74) is 4.05. The highest BCUT2D eigenvalue weighted by molar-refractivity contribution is 5.48. The largest absolute Gasteiger partial charge is 0.493 e. The van der Waals surface area contributed by atoms with Gasteiger partial charge in [0, 0.05) is 13.1 Å². The molecule has 1 atom stereocenters. The summed E-state index contributed by atoms with van der Waals surface area (Å²) < 4.78 is 22.2. The lowest BCUT2D eigenvalue weighted by atomic mass is 9.93. The zero-order valence-corrected chi connectivity index (χ0v) is 16.5. The average molecular weight is 381 g/mol. The third kappa shape index (κ3) is 3.94. The van der Waals surface area contributed by atoms with Crippen molar-refractivity contribution in [2.75, 3.05) is 20.8 Å². The van der Waals surface area contributed by atoms with Gasteiger partial charge in [-0.25, -0.2) is 0 Å². The Morgan fingerprint density at radius 1 is 1.07 bits per heavy atom. The molecule has 1 aliphatic carbocycles. The maximum Gasteiger partial charge on any atom is 0.161 e. The normalized spacial score (nSPS) is 19.6. The van der Waals surface area contributed by atoms with E-state index >= 15 is 0 Å². The number of hydrogen-bond donors (Lipinski definition) is 0. The van der Waals surface area contributed by atoms with Crippen LogP contribution in [0.5, 0.6) is 11.5 Å². The molecule has 1 unspecified atom stereocenters. The zero-order chi connectivity index (χ0) is 19.3. The fourth-order valence-corrected chi connectivity index (χ4v) is 4.08. The molecule has 1 aromatic carbocycles. The Kier molecular flexibility index (Phi) is 5.72. The van der Waals surface area contributed by atoms with Crippen LogP contribution in [0.1, 0.15) is 30.4 Å². The van der Waals surface area contributed by atoms with Gasteiger partial charge in [0.15, 0.2) is 17.3 Å². The molecule has 2 aliphatic heterocycles. The maximum atomic E-state index is 5.83. The van der Waals surface area contributed by atoms with Gasteiger partial charge < -0.3 is 18.9 Å². The van der Waals surface area contributed by atoms with Gasteiger partial charge in [-0.1, -0.05) is 23.8 Å². The van der Waals surface area contributed by atoms with Gasteiger partial charge in [0.25, 0.3) is 0 Å². The summed E-state index contributed by atoms with van der Waals surface area (Å²) in [6.45, 7) is 1.80. The van der Waals surface area contributed by atoms with Crippen LogP contribution < -0.4 is 9.47 Å². The van der Waals surface area contributed by atoms with E-state index in [0.717, 1.165) is 56.0 Å². The van der Waals surface area contributed by atoms with Crippen LogP contribution in [-0.2, 0) is 22.4 Å². The molecule has 4 rings (SSSR count). The van der Waals surface area contributed by atoms with E-state index < -0.39 is 0 Å². The summed E-state index contributed by atoms with van der Waals surface area (Å²) in [5.74, 6) is 2.43. The van der Waals surface area contributed by atoms with E-state index in [2.05, 4.69) is 35.3 Å². The highest BCUT2D eigenvalue weighted by Gasteiger charge is 2.30. The number of allylic oxidation sites excluding steroid dienone is 3. The molecule has 0 spiro atoms. The van der Waals surface area contributed by atoms with Crippen molar-refractivity contribution >= 4 is 0 Å². The Balaban J connectivity index is 1.59. The Bertz CT molecular complexity index is 837. The molecule has 28 heavy (non-hydrogen) atoms. The van der Waals surface area contributed by atoms with E-state index in [0.29, 0.717) is 0 Å². The first-order valence-corrected chi connectivity index (χ1v) is 9.78. The van der Waals surface area contributed by atoms with Crippen LogP contribution >= 0.6 is 0 Å². The monoisotopic (exact) mass is 381 g/mol. The van der Waals surface area contributed by atoms with Crippen molar-refractivity contribution in [2.45, 2.75) is 38.3 Å². The van der Waals surface area contributed by atoms with E-state index in [1.165, 1.54) is 16.7 Å². The molecule has 0 N–H and O–H groups in total. The van der Waals surface area contributed by atoms with Gasteiger partial charge >= 0.3 is 0 Å². The first-order valence-electron chi connectivity index (χ1n) is 9.78. The van der Waals surface area contributed by atoms with Crippen LogP contribution in [0.15, 0.2) is 60.5 Å². The minimum absolute atomic E-state index is 0.143. The van der Waals surface area contributed by atoms with E-state index in [1.807, 2.05) is 0 Å². The van der Waals surface area contributed by atoms with Gasteiger partial charge in [0.2, 0.25) is 0 Å². The molecule has 148 valence electrons. The lowest BCUT2D eigenvalue weighted by Crippen LogP contribution is -2.41. The van der Waals surface area contributed by atoms with Gasteiger partial charge in [-0.3, -0.25) is 4.90 Å². The number of methoxy groups -OCH3 is 2. The summed E-state index contributed by atoms with van der Waals surface area (Å²) in [7, 11) is 3.36. The van der Waals surface area contributed by atoms with E-state index in [9.17, 15) is 0 Å². The topological polar surface area (TPSA) is 40.2 Å². The van der Waals surface area contributed by atoms with Crippen molar-refractivity contribution in [3.05, 3.63) is 71.6 Å². The van der Waals surface area contributed by atoms with Crippen LogP contribution in [0.3, 0.4) is 0 Å². The van der Waals surface area contributed by atoms with Gasteiger partial charge in [0.05, 0.1) is 20.3 Å². The zero-order valence-electron chi connectivity index (χ0n) is 16.5.